The molecule has 0 heterocycles. The van der Waals surface area contributed by atoms with Crippen LogP contribution in [0.1, 0.15) is 31.9 Å². The predicted molar refractivity (Wildman–Crippen MR) is 60.8 cm³/mol. The largest absolute Gasteiger partial charge is 0.508 e. The Hall–Kier alpha value is -1.06. The number of hydrogen-bond donors (Lipinski definition) is 3. The summed E-state index contributed by atoms with van der Waals surface area (Å²) in [6.45, 7) is 4.12. The standard InChI is InChI=1S/C12H19NO2/c1-3-10(8-14)13-9(2)11-6-4-5-7-12(11)15/h4-7,9-10,13-15H,3,8H2,1-2H3/t9-,10-/m0/s1. The molecule has 0 aliphatic rings. The zero-order valence-corrected chi connectivity index (χ0v) is 9.27. The van der Waals surface area contributed by atoms with Gasteiger partial charge in [-0.3, -0.25) is 0 Å². The van der Waals surface area contributed by atoms with Gasteiger partial charge in [-0.25, -0.2) is 0 Å². The van der Waals surface area contributed by atoms with Crippen molar-refractivity contribution in [3.05, 3.63) is 29.8 Å². The van der Waals surface area contributed by atoms with Gasteiger partial charge in [0.05, 0.1) is 6.61 Å². The number of benzene rings is 1. The molecule has 1 rings (SSSR count). The van der Waals surface area contributed by atoms with Gasteiger partial charge in [0, 0.05) is 17.6 Å². The SMILES string of the molecule is CC[C@@H](CO)N[C@@H](C)c1ccccc1O. The summed E-state index contributed by atoms with van der Waals surface area (Å²) in [5.74, 6) is 0.297. The lowest BCUT2D eigenvalue weighted by molar-refractivity contribution is 0.229. The third kappa shape index (κ3) is 3.22. The van der Waals surface area contributed by atoms with Crippen molar-refractivity contribution in [2.45, 2.75) is 32.4 Å². The maximum atomic E-state index is 9.64. The van der Waals surface area contributed by atoms with Crippen molar-refractivity contribution in [1.82, 2.24) is 5.32 Å². The van der Waals surface area contributed by atoms with Gasteiger partial charge in [0.2, 0.25) is 0 Å². The number of rotatable bonds is 5. The Bertz CT molecular complexity index is 297. The molecule has 3 nitrogen and oxygen atoms in total. The molecule has 0 saturated heterocycles. The van der Waals surface area contributed by atoms with E-state index >= 15 is 0 Å². The van der Waals surface area contributed by atoms with Crippen LogP contribution in [0.2, 0.25) is 0 Å². The molecule has 0 aliphatic carbocycles. The highest BCUT2D eigenvalue weighted by atomic mass is 16.3. The van der Waals surface area contributed by atoms with E-state index < -0.39 is 0 Å². The predicted octanol–water partition coefficient (Wildman–Crippen LogP) is 1.81. The molecule has 0 amide bonds. The number of para-hydroxylation sites is 1. The smallest absolute Gasteiger partial charge is 0.120 e. The number of aliphatic hydroxyl groups is 1. The number of aliphatic hydroxyl groups excluding tert-OH is 1. The van der Waals surface area contributed by atoms with Gasteiger partial charge in [-0.1, -0.05) is 25.1 Å². The van der Waals surface area contributed by atoms with Crippen LogP contribution in [0.15, 0.2) is 24.3 Å². The Morgan fingerprint density at radius 3 is 2.53 bits per heavy atom. The van der Waals surface area contributed by atoms with Crippen LogP contribution in [-0.2, 0) is 0 Å². The molecule has 0 aliphatic heterocycles. The molecule has 0 saturated carbocycles. The Morgan fingerprint density at radius 1 is 1.33 bits per heavy atom. The monoisotopic (exact) mass is 209 g/mol. The van der Waals surface area contributed by atoms with Crippen LogP contribution in [0, 0.1) is 0 Å². The number of phenols is 1. The van der Waals surface area contributed by atoms with Gasteiger partial charge in [0.25, 0.3) is 0 Å². The average molecular weight is 209 g/mol. The first-order valence-electron chi connectivity index (χ1n) is 5.33. The molecule has 3 N–H and O–H groups in total. The Balaban J connectivity index is 2.68. The van der Waals surface area contributed by atoms with Crippen molar-refractivity contribution in [1.29, 1.82) is 0 Å². The fourth-order valence-corrected chi connectivity index (χ4v) is 1.60. The minimum atomic E-state index is 0.0447. The number of aromatic hydroxyl groups is 1. The van der Waals surface area contributed by atoms with Gasteiger partial charge in [0.15, 0.2) is 0 Å². The second kappa shape index (κ2) is 5.73. The van der Waals surface area contributed by atoms with Crippen LogP contribution in [0.3, 0.4) is 0 Å². The lowest BCUT2D eigenvalue weighted by Crippen LogP contribution is -2.33. The Labute approximate surface area is 90.8 Å². The molecule has 1 aromatic carbocycles. The first-order valence-corrected chi connectivity index (χ1v) is 5.33. The van der Waals surface area contributed by atoms with E-state index in [4.69, 9.17) is 5.11 Å². The fraction of sp³-hybridized carbons (Fsp3) is 0.500. The van der Waals surface area contributed by atoms with Crippen molar-refractivity contribution in [3.8, 4) is 5.75 Å². The Morgan fingerprint density at radius 2 is 2.00 bits per heavy atom. The maximum absolute atomic E-state index is 9.64. The highest BCUT2D eigenvalue weighted by molar-refractivity contribution is 5.34. The summed E-state index contributed by atoms with van der Waals surface area (Å²) >= 11 is 0. The van der Waals surface area contributed by atoms with Crippen LogP contribution in [0.25, 0.3) is 0 Å². The molecule has 3 heteroatoms. The second-order valence-electron chi connectivity index (χ2n) is 3.73. The Kier molecular flexibility index (Phi) is 4.59. The van der Waals surface area contributed by atoms with E-state index in [9.17, 15) is 5.11 Å². The van der Waals surface area contributed by atoms with E-state index in [2.05, 4.69) is 5.32 Å². The lowest BCUT2D eigenvalue weighted by Gasteiger charge is -2.21. The molecule has 0 fully saturated rings. The molecule has 0 unspecified atom stereocenters. The summed E-state index contributed by atoms with van der Waals surface area (Å²) in [5, 5.41) is 22.0. The molecule has 0 aromatic heterocycles. The van der Waals surface area contributed by atoms with Crippen molar-refractivity contribution in [2.75, 3.05) is 6.61 Å². The van der Waals surface area contributed by atoms with E-state index in [-0.39, 0.29) is 18.7 Å². The van der Waals surface area contributed by atoms with Crippen molar-refractivity contribution >= 4 is 0 Å². The highest BCUT2D eigenvalue weighted by Gasteiger charge is 2.13. The van der Waals surface area contributed by atoms with Crippen molar-refractivity contribution < 1.29 is 10.2 Å². The van der Waals surface area contributed by atoms with E-state index in [1.54, 1.807) is 12.1 Å². The normalized spacial score (nSPS) is 14.9. The summed E-state index contributed by atoms with van der Waals surface area (Å²) in [6.07, 6.45) is 0.869. The number of phenolic OH excluding ortho intramolecular Hbond substituents is 1. The summed E-state index contributed by atoms with van der Waals surface area (Å²) in [7, 11) is 0. The lowest BCUT2D eigenvalue weighted by atomic mass is 10.1. The fourth-order valence-electron chi connectivity index (χ4n) is 1.60. The molecule has 0 radical (unpaired) electrons. The summed E-state index contributed by atoms with van der Waals surface area (Å²) in [5.41, 5.74) is 0.865. The van der Waals surface area contributed by atoms with Crippen molar-refractivity contribution in [3.63, 3.8) is 0 Å². The van der Waals surface area contributed by atoms with E-state index in [0.29, 0.717) is 5.75 Å². The summed E-state index contributed by atoms with van der Waals surface area (Å²) in [6, 6.07) is 7.38. The maximum Gasteiger partial charge on any atom is 0.120 e. The van der Waals surface area contributed by atoms with Crippen LogP contribution in [0.4, 0.5) is 0 Å². The zero-order chi connectivity index (χ0) is 11.3. The summed E-state index contributed by atoms with van der Waals surface area (Å²) in [4.78, 5) is 0. The molecular weight excluding hydrogens is 190 g/mol. The van der Waals surface area contributed by atoms with E-state index in [1.807, 2.05) is 26.0 Å². The van der Waals surface area contributed by atoms with Gasteiger partial charge < -0.3 is 15.5 Å². The quantitative estimate of drug-likeness (QED) is 0.693. The molecule has 84 valence electrons. The van der Waals surface area contributed by atoms with Gasteiger partial charge in [-0.2, -0.15) is 0 Å². The number of hydrogen-bond acceptors (Lipinski definition) is 3. The first kappa shape index (κ1) is 12.0. The molecular formula is C12H19NO2. The van der Waals surface area contributed by atoms with Crippen LogP contribution in [0.5, 0.6) is 5.75 Å². The third-order valence-corrected chi connectivity index (χ3v) is 2.60. The van der Waals surface area contributed by atoms with E-state index in [0.717, 1.165) is 12.0 Å². The highest BCUT2D eigenvalue weighted by Crippen LogP contribution is 2.23. The number of nitrogens with one attached hydrogen (secondary N) is 1. The van der Waals surface area contributed by atoms with Crippen LogP contribution >= 0.6 is 0 Å². The zero-order valence-electron chi connectivity index (χ0n) is 9.27. The molecule has 2 atom stereocenters. The summed E-state index contributed by atoms with van der Waals surface area (Å²) < 4.78 is 0. The van der Waals surface area contributed by atoms with Crippen molar-refractivity contribution in [2.24, 2.45) is 0 Å². The minimum absolute atomic E-state index is 0.0447. The average Bonchev–Trinajstić information content (AvgIpc) is 2.26. The molecule has 1 aromatic rings. The molecule has 0 bridgehead atoms. The third-order valence-electron chi connectivity index (χ3n) is 2.60. The van der Waals surface area contributed by atoms with Gasteiger partial charge in [-0.15, -0.1) is 0 Å². The topological polar surface area (TPSA) is 52.5 Å². The second-order valence-corrected chi connectivity index (χ2v) is 3.73. The molecule has 15 heavy (non-hydrogen) atoms. The first-order chi connectivity index (χ1) is 7.19. The molecule has 0 spiro atoms. The van der Waals surface area contributed by atoms with Gasteiger partial charge >= 0.3 is 0 Å². The minimum Gasteiger partial charge on any atom is -0.508 e. The van der Waals surface area contributed by atoms with E-state index in [1.165, 1.54) is 0 Å². The van der Waals surface area contributed by atoms with Crippen LogP contribution < -0.4 is 5.32 Å². The van der Waals surface area contributed by atoms with Gasteiger partial charge in [-0.05, 0) is 19.4 Å². The van der Waals surface area contributed by atoms with Gasteiger partial charge in [0.1, 0.15) is 5.75 Å². The van der Waals surface area contributed by atoms with Crippen LogP contribution in [-0.4, -0.2) is 22.9 Å².